The lowest BCUT2D eigenvalue weighted by Gasteiger charge is -2.34. The Bertz CT molecular complexity index is 931. The molecule has 2 atom stereocenters. The standard InChI is InChI=1S/C12H14O4.C8H8N4/c1-12(11(15)16)6-2-3-8(10(13)14)9(12)7-4-5-7;9-7-4-11-12(6-7)8-2-1-3-10-5-8/h2-3,6-7,9H,4-5H2,1H3,(H,13,14)(H,15,16);1-6H,9H2. The Kier molecular flexibility index (Phi) is 5.30. The van der Waals surface area contributed by atoms with Crippen LogP contribution in [0.4, 0.5) is 5.69 Å². The van der Waals surface area contributed by atoms with Gasteiger partial charge >= 0.3 is 11.9 Å². The Labute approximate surface area is 162 Å². The smallest absolute Gasteiger partial charge is 0.331 e. The Balaban J connectivity index is 0.000000167. The molecule has 2 aliphatic rings. The highest BCUT2D eigenvalue weighted by molar-refractivity contribution is 5.91. The molecule has 0 saturated heterocycles. The molecule has 2 aromatic rings. The van der Waals surface area contributed by atoms with Crippen LogP contribution in [0.25, 0.3) is 5.69 Å². The van der Waals surface area contributed by atoms with E-state index in [1.54, 1.807) is 42.5 Å². The molecular formula is C20H22N4O4. The maximum Gasteiger partial charge on any atom is 0.331 e. The fourth-order valence-electron chi connectivity index (χ4n) is 3.43. The molecule has 0 aromatic carbocycles. The van der Waals surface area contributed by atoms with E-state index in [2.05, 4.69) is 10.1 Å². The normalized spacial score (nSPS) is 23.3. The Morgan fingerprint density at radius 3 is 2.54 bits per heavy atom. The van der Waals surface area contributed by atoms with E-state index in [0.717, 1.165) is 18.5 Å². The van der Waals surface area contributed by atoms with Crippen molar-refractivity contribution in [1.82, 2.24) is 14.8 Å². The van der Waals surface area contributed by atoms with Crippen molar-refractivity contribution in [3.8, 4) is 5.69 Å². The van der Waals surface area contributed by atoms with Crippen LogP contribution in [0.3, 0.4) is 0 Å². The van der Waals surface area contributed by atoms with Gasteiger partial charge in [-0.3, -0.25) is 9.78 Å². The zero-order valence-electron chi connectivity index (χ0n) is 15.4. The highest BCUT2D eigenvalue weighted by atomic mass is 16.4. The zero-order valence-corrected chi connectivity index (χ0v) is 15.4. The van der Waals surface area contributed by atoms with Crippen molar-refractivity contribution < 1.29 is 19.8 Å². The summed E-state index contributed by atoms with van der Waals surface area (Å²) in [6.07, 6.45) is 13.3. The summed E-state index contributed by atoms with van der Waals surface area (Å²) in [5, 5.41) is 22.4. The van der Waals surface area contributed by atoms with E-state index in [9.17, 15) is 14.7 Å². The molecule has 0 aliphatic heterocycles. The molecule has 2 unspecified atom stereocenters. The van der Waals surface area contributed by atoms with Gasteiger partial charge < -0.3 is 15.9 Å². The molecule has 2 aromatic heterocycles. The van der Waals surface area contributed by atoms with Gasteiger partial charge in [0.15, 0.2) is 0 Å². The zero-order chi connectivity index (χ0) is 20.3. The molecule has 1 fully saturated rings. The van der Waals surface area contributed by atoms with Crippen molar-refractivity contribution in [2.75, 3.05) is 5.73 Å². The van der Waals surface area contributed by atoms with Crippen LogP contribution in [0.2, 0.25) is 0 Å². The van der Waals surface area contributed by atoms with E-state index in [1.807, 2.05) is 12.1 Å². The van der Waals surface area contributed by atoms with Crippen LogP contribution in [-0.4, -0.2) is 36.9 Å². The quantitative estimate of drug-likeness (QED) is 0.740. The summed E-state index contributed by atoms with van der Waals surface area (Å²) in [5.74, 6) is -2.15. The number of hydrogen-bond donors (Lipinski definition) is 3. The van der Waals surface area contributed by atoms with Gasteiger partial charge in [-0.15, -0.1) is 0 Å². The predicted molar refractivity (Wildman–Crippen MR) is 103 cm³/mol. The lowest BCUT2D eigenvalue weighted by atomic mass is 9.68. The van der Waals surface area contributed by atoms with Gasteiger partial charge in [0.1, 0.15) is 0 Å². The first-order valence-electron chi connectivity index (χ1n) is 8.89. The average Bonchev–Trinajstić information content (AvgIpc) is 3.42. The number of nitrogens with zero attached hydrogens (tertiary/aromatic N) is 3. The topological polar surface area (TPSA) is 131 Å². The number of anilines is 1. The molecular weight excluding hydrogens is 360 g/mol. The molecule has 4 rings (SSSR count). The third kappa shape index (κ3) is 3.95. The summed E-state index contributed by atoms with van der Waals surface area (Å²) in [5.41, 5.74) is 6.23. The highest BCUT2D eigenvalue weighted by Crippen LogP contribution is 2.51. The third-order valence-corrected chi connectivity index (χ3v) is 5.01. The molecule has 1 saturated carbocycles. The van der Waals surface area contributed by atoms with Crippen molar-refractivity contribution in [2.24, 2.45) is 17.3 Å². The molecule has 0 bridgehead atoms. The fourth-order valence-corrected chi connectivity index (χ4v) is 3.43. The maximum absolute atomic E-state index is 11.3. The molecule has 146 valence electrons. The monoisotopic (exact) mass is 382 g/mol. The van der Waals surface area contributed by atoms with Crippen LogP contribution in [0.15, 0.2) is 60.7 Å². The molecule has 8 heteroatoms. The SMILES string of the molecule is CC1(C(=O)O)C=CC=C(C(=O)O)C1C1CC1.Nc1cnn(-c2cccnc2)c1. The van der Waals surface area contributed by atoms with Crippen LogP contribution in [0.1, 0.15) is 19.8 Å². The Morgan fingerprint density at radius 2 is 2.04 bits per heavy atom. The second-order valence-electron chi connectivity index (χ2n) is 7.12. The van der Waals surface area contributed by atoms with Crippen molar-refractivity contribution in [2.45, 2.75) is 19.8 Å². The second-order valence-corrected chi connectivity index (χ2v) is 7.12. The van der Waals surface area contributed by atoms with Gasteiger partial charge in [0.05, 0.1) is 35.4 Å². The van der Waals surface area contributed by atoms with Gasteiger partial charge in [0.25, 0.3) is 0 Å². The molecule has 28 heavy (non-hydrogen) atoms. The summed E-state index contributed by atoms with van der Waals surface area (Å²) in [4.78, 5) is 26.4. The summed E-state index contributed by atoms with van der Waals surface area (Å²) in [6.45, 7) is 1.60. The van der Waals surface area contributed by atoms with Crippen molar-refractivity contribution >= 4 is 17.6 Å². The molecule has 0 radical (unpaired) electrons. The first kappa shape index (κ1) is 19.3. The molecule has 0 amide bonds. The summed E-state index contributed by atoms with van der Waals surface area (Å²) in [7, 11) is 0. The lowest BCUT2D eigenvalue weighted by molar-refractivity contribution is -0.148. The minimum Gasteiger partial charge on any atom is -0.481 e. The number of nitrogens with two attached hydrogens (primary N) is 1. The minimum absolute atomic E-state index is 0.202. The Morgan fingerprint density at radius 1 is 1.29 bits per heavy atom. The average molecular weight is 382 g/mol. The number of allylic oxidation sites excluding steroid dienone is 2. The van der Waals surface area contributed by atoms with Crippen molar-refractivity contribution in [3.63, 3.8) is 0 Å². The van der Waals surface area contributed by atoms with Crippen LogP contribution in [0.5, 0.6) is 0 Å². The lowest BCUT2D eigenvalue weighted by Crippen LogP contribution is -2.39. The predicted octanol–water partition coefficient (Wildman–Crippen LogP) is 2.53. The number of aliphatic carboxylic acids is 2. The van der Waals surface area contributed by atoms with Crippen molar-refractivity contribution in [3.05, 3.63) is 60.7 Å². The number of hydrogen-bond acceptors (Lipinski definition) is 5. The van der Waals surface area contributed by atoms with Crippen molar-refractivity contribution in [1.29, 1.82) is 0 Å². The van der Waals surface area contributed by atoms with E-state index in [-0.39, 0.29) is 11.5 Å². The van der Waals surface area contributed by atoms with Gasteiger partial charge in [-0.1, -0.05) is 18.2 Å². The van der Waals surface area contributed by atoms with Gasteiger partial charge in [-0.2, -0.15) is 5.10 Å². The molecule has 8 nitrogen and oxygen atoms in total. The summed E-state index contributed by atoms with van der Waals surface area (Å²) >= 11 is 0. The first-order chi connectivity index (χ1) is 13.3. The van der Waals surface area contributed by atoms with E-state index in [1.165, 1.54) is 12.2 Å². The van der Waals surface area contributed by atoms with Crippen LogP contribution in [-0.2, 0) is 9.59 Å². The van der Waals surface area contributed by atoms with E-state index in [4.69, 9.17) is 10.8 Å². The third-order valence-electron chi connectivity index (χ3n) is 5.01. The number of aromatic nitrogens is 3. The van der Waals surface area contributed by atoms with Gasteiger partial charge in [0.2, 0.25) is 0 Å². The number of nitrogen functional groups attached to an aromatic ring is 1. The number of carboxylic acid groups (broad SMARTS) is 2. The van der Waals surface area contributed by atoms with E-state index in [0.29, 0.717) is 5.69 Å². The Hall–Kier alpha value is -3.42. The summed E-state index contributed by atoms with van der Waals surface area (Å²) < 4.78 is 1.68. The number of carboxylic acids is 2. The van der Waals surface area contributed by atoms with Gasteiger partial charge in [-0.05, 0) is 37.8 Å². The largest absolute Gasteiger partial charge is 0.481 e. The van der Waals surface area contributed by atoms with Gasteiger partial charge in [-0.25, -0.2) is 9.48 Å². The van der Waals surface area contributed by atoms with E-state index >= 15 is 0 Å². The van der Waals surface area contributed by atoms with E-state index < -0.39 is 23.3 Å². The molecule has 2 heterocycles. The van der Waals surface area contributed by atoms with Gasteiger partial charge in [0, 0.05) is 17.7 Å². The number of rotatable bonds is 4. The summed E-state index contributed by atoms with van der Waals surface area (Å²) in [6, 6.07) is 3.77. The first-order valence-corrected chi connectivity index (χ1v) is 8.89. The minimum atomic E-state index is -1.08. The number of carbonyl (C=O) groups is 2. The van der Waals surface area contributed by atoms with Crippen LogP contribution >= 0.6 is 0 Å². The fraction of sp³-hybridized carbons (Fsp3) is 0.300. The second kappa shape index (κ2) is 7.67. The highest BCUT2D eigenvalue weighted by Gasteiger charge is 2.51. The molecule has 4 N–H and O–H groups in total. The van der Waals surface area contributed by atoms with Crippen LogP contribution in [0, 0.1) is 17.3 Å². The number of pyridine rings is 1. The van der Waals surface area contributed by atoms with Crippen LogP contribution < -0.4 is 5.73 Å². The maximum atomic E-state index is 11.3. The molecule has 0 spiro atoms. The molecule has 2 aliphatic carbocycles.